The minimum Gasteiger partial charge on any atom is -0.379 e. The van der Waals surface area contributed by atoms with E-state index in [1.165, 1.54) is 0 Å². The van der Waals surface area contributed by atoms with Gasteiger partial charge in [0.15, 0.2) is 5.78 Å². The molecule has 122 valence electrons. The molecule has 0 saturated carbocycles. The number of hydrogen-bond donors (Lipinski definition) is 0. The summed E-state index contributed by atoms with van der Waals surface area (Å²) in [7, 11) is 2.11. The van der Waals surface area contributed by atoms with Gasteiger partial charge < -0.3 is 9.64 Å². The van der Waals surface area contributed by atoms with Crippen LogP contribution in [0, 0.1) is 5.92 Å². The van der Waals surface area contributed by atoms with Gasteiger partial charge in [-0.3, -0.25) is 14.5 Å². The van der Waals surface area contributed by atoms with Gasteiger partial charge in [0.05, 0.1) is 19.3 Å². The van der Waals surface area contributed by atoms with Gasteiger partial charge in [-0.2, -0.15) is 0 Å². The predicted octanol–water partition coefficient (Wildman–Crippen LogP) is 1.22. The van der Waals surface area contributed by atoms with Crippen molar-refractivity contribution >= 4 is 11.7 Å². The Kier molecular flexibility index (Phi) is 3.70. The average Bonchev–Trinajstić information content (AvgIpc) is 2.72. The molecule has 1 amide bonds. The van der Waals surface area contributed by atoms with Gasteiger partial charge in [-0.25, -0.2) is 0 Å². The van der Waals surface area contributed by atoms with Gasteiger partial charge in [0, 0.05) is 43.1 Å². The third-order valence-electron chi connectivity index (χ3n) is 5.34. The Balaban J connectivity index is 1.64. The molecule has 3 aliphatic rings. The van der Waals surface area contributed by atoms with E-state index in [0.29, 0.717) is 31.9 Å². The summed E-state index contributed by atoms with van der Waals surface area (Å²) in [6.45, 7) is 3.80. The summed E-state index contributed by atoms with van der Waals surface area (Å²) in [5.41, 5.74) is 2.41. The van der Waals surface area contributed by atoms with Crippen LogP contribution in [0.2, 0.25) is 0 Å². The second kappa shape index (κ2) is 5.73. The fourth-order valence-corrected chi connectivity index (χ4v) is 4.08. The number of benzene rings is 1. The Hall–Kier alpha value is -1.72. The Labute approximate surface area is 136 Å². The maximum absolute atomic E-state index is 13.1. The molecule has 0 aromatic heterocycles. The molecule has 1 aromatic carbocycles. The van der Waals surface area contributed by atoms with Crippen LogP contribution in [-0.2, 0) is 11.2 Å². The van der Waals surface area contributed by atoms with Gasteiger partial charge in [0.25, 0.3) is 5.91 Å². The first-order valence-electron chi connectivity index (χ1n) is 8.36. The van der Waals surface area contributed by atoms with Gasteiger partial charge in [0.1, 0.15) is 0 Å². The van der Waals surface area contributed by atoms with Crippen LogP contribution in [-0.4, -0.2) is 67.4 Å². The Bertz CT molecular complexity index is 658. The highest BCUT2D eigenvalue weighted by Gasteiger charge is 2.35. The zero-order chi connectivity index (χ0) is 16.0. The molecule has 2 fully saturated rings. The van der Waals surface area contributed by atoms with Crippen molar-refractivity contribution in [2.24, 2.45) is 5.92 Å². The highest BCUT2D eigenvalue weighted by molar-refractivity contribution is 6.05. The molecule has 5 nitrogen and oxygen atoms in total. The van der Waals surface area contributed by atoms with E-state index in [2.05, 4.69) is 11.9 Å². The zero-order valence-electron chi connectivity index (χ0n) is 13.5. The lowest BCUT2D eigenvalue weighted by Crippen LogP contribution is -2.45. The monoisotopic (exact) mass is 314 g/mol. The van der Waals surface area contributed by atoms with Crippen molar-refractivity contribution in [1.29, 1.82) is 0 Å². The van der Waals surface area contributed by atoms with Gasteiger partial charge >= 0.3 is 0 Å². The van der Waals surface area contributed by atoms with Gasteiger partial charge in [-0.05, 0) is 25.1 Å². The molecule has 0 N–H and O–H groups in total. The number of amides is 1. The van der Waals surface area contributed by atoms with Crippen molar-refractivity contribution in [2.45, 2.75) is 18.9 Å². The van der Waals surface area contributed by atoms with Crippen LogP contribution >= 0.6 is 0 Å². The summed E-state index contributed by atoms with van der Waals surface area (Å²) in [6, 6.07) is 5.81. The largest absolute Gasteiger partial charge is 0.379 e. The minimum atomic E-state index is 0.0729. The first-order chi connectivity index (χ1) is 11.1. The van der Waals surface area contributed by atoms with E-state index in [1.54, 1.807) is 0 Å². The van der Waals surface area contributed by atoms with Crippen LogP contribution in [0.1, 0.15) is 32.7 Å². The Morgan fingerprint density at radius 3 is 2.91 bits per heavy atom. The van der Waals surface area contributed by atoms with Crippen molar-refractivity contribution in [3.8, 4) is 0 Å². The molecular formula is C18H22N2O3. The SMILES string of the molecule is CN1C[C@H]2COC[C@@H]1CN(C(=O)c1cccc3c1CCC3=O)C2. The zero-order valence-corrected chi connectivity index (χ0v) is 13.5. The van der Waals surface area contributed by atoms with Crippen LogP contribution in [0.5, 0.6) is 0 Å². The molecule has 0 radical (unpaired) electrons. The molecule has 1 aromatic rings. The summed E-state index contributed by atoms with van der Waals surface area (Å²) >= 11 is 0. The number of likely N-dealkylation sites (N-methyl/N-ethyl adjacent to an activating group) is 1. The number of fused-ring (bicyclic) bond motifs is 4. The van der Waals surface area contributed by atoms with Gasteiger partial charge in [-0.15, -0.1) is 0 Å². The van der Waals surface area contributed by atoms with Crippen LogP contribution in [0.15, 0.2) is 18.2 Å². The number of Topliss-reactive ketones (excluding diaryl/α,β-unsaturated/α-hetero) is 1. The third kappa shape index (κ3) is 2.58. The molecule has 2 heterocycles. The quantitative estimate of drug-likeness (QED) is 0.782. The molecule has 2 bridgehead atoms. The molecule has 0 spiro atoms. The van der Waals surface area contributed by atoms with Crippen LogP contribution in [0.3, 0.4) is 0 Å². The van der Waals surface area contributed by atoms with E-state index in [-0.39, 0.29) is 17.7 Å². The van der Waals surface area contributed by atoms with E-state index in [1.807, 2.05) is 23.1 Å². The van der Waals surface area contributed by atoms with E-state index in [9.17, 15) is 9.59 Å². The van der Waals surface area contributed by atoms with Gasteiger partial charge in [-0.1, -0.05) is 12.1 Å². The number of hydrogen-bond acceptors (Lipinski definition) is 4. The van der Waals surface area contributed by atoms with E-state index < -0.39 is 0 Å². The Morgan fingerprint density at radius 1 is 1.17 bits per heavy atom. The molecule has 4 rings (SSSR count). The molecule has 5 heteroatoms. The van der Waals surface area contributed by atoms with Crippen molar-refractivity contribution in [2.75, 3.05) is 39.9 Å². The number of ether oxygens (including phenoxy) is 1. The topological polar surface area (TPSA) is 49.9 Å². The molecule has 23 heavy (non-hydrogen) atoms. The normalized spacial score (nSPS) is 27.7. The number of carbonyl (C=O) groups excluding carboxylic acids is 2. The third-order valence-corrected chi connectivity index (χ3v) is 5.34. The van der Waals surface area contributed by atoms with E-state index in [0.717, 1.165) is 36.4 Å². The van der Waals surface area contributed by atoms with Crippen LogP contribution in [0.4, 0.5) is 0 Å². The first-order valence-corrected chi connectivity index (χ1v) is 8.36. The molecule has 2 saturated heterocycles. The smallest absolute Gasteiger partial charge is 0.254 e. The summed E-state index contributed by atoms with van der Waals surface area (Å²) in [6.07, 6.45) is 1.22. The van der Waals surface area contributed by atoms with Gasteiger partial charge in [0.2, 0.25) is 0 Å². The number of ketones is 1. The maximum atomic E-state index is 13.1. The first kappa shape index (κ1) is 14.8. The number of carbonyl (C=O) groups is 2. The number of nitrogens with zero attached hydrogens (tertiary/aromatic N) is 2. The highest BCUT2D eigenvalue weighted by atomic mass is 16.5. The standard InChI is InChI=1S/C18H22N2O3/c1-19-7-12-8-20(9-13(19)11-23-10-12)18(22)16-4-2-3-15-14(16)5-6-17(15)21/h2-4,12-13H,5-11H2,1H3/t12-,13+/m1/s1. The molecule has 0 unspecified atom stereocenters. The second-order valence-corrected chi connectivity index (χ2v) is 6.96. The lowest BCUT2D eigenvalue weighted by atomic mass is 10.0. The second-order valence-electron chi connectivity index (χ2n) is 6.96. The lowest BCUT2D eigenvalue weighted by molar-refractivity contribution is 0.0433. The van der Waals surface area contributed by atoms with E-state index in [4.69, 9.17) is 4.74 Å². The summed E-state index contributed by atoms with van der Waals surface area (Å²) in [5.74, 6) is 0.592. The van der Waals surface area contributed by atoms with Crippen molar-refractivity contribution < 1.29 is 14.3 Å². The highest BCUT2D eigenvalue weighted by Crippen LogP contribution is 2.27. The fraction of sp³-hybridized carbons (Fsp3) is 0.556. The van der Waals surface area contributed by atoms with Crippen LogP contribution in [0.25, 0.3) is 0 Å². The minimum absolute atomic E-state index is 0.0729. The van der Waals surface area contributed by atoms with Crippen molar-refractivity contribution in [3.63, 3.8) is 0 Å². The number of rotatable bonds is 1. The summed E-state index contributed by atoms with van der Waals surface area (Å²) in [5, 5.41) is 0. The van der Waals surface area contributed by atoms with Crippen LogP contribution < -0.4 is 0 Å². The lowest BCUT2D eigenvalue weighted by Gasteiger charge is -2.30. The molecule has 1 aliphatic carbocycles. The molecule has 2 atom stereocenters. The van der Waals surface area contributed by atoms with Crippen molar-refractivity contribution in [1.82, 2.24) is 9.80 Å². The molecule has 2 aliphatic heterocycles. The summed E-state index contributed by atoms with van der Waals surface area (Å²) in [4.78, 5) is 29.3. The molecular weight excluding hydrogens is 292 g/mol. The predicted molar refractivity (Wildman–Crippen MR) is 85.7 cm³/mol. The fourth-order valence-electron chi connectivity index (χ4n) is 4.08. The van der Waals surface area contributed by atoms with Crippen molar-refractivity contribution in [3.05, 3.63) is 34.9 Å². The summed E-state index contributed by atoms with van der Waals surface area (Å²) < 4.78 is 5.73. The van der Waals surface area contributed by atoms with E-state index >= 15 is 0 Å². The average molecular weight is 314 g/mol. The Morgan fingerprint density at radius 2 is 2.04 bits per heavy atom. The maximum Gasteiger partial charge on any atom is 0.254 e.